The number of anilines is 1. The fraction of sp³-hybridized carbons (Fsp3) is 0.462. The van der Waals surface area contributed by atoms with E-state index in [0.717, 1.165) is 6.42 Å². The van der Waals surface area contributed by atoms with E-state index in [1.807, 2.05) is 20.8 Å². The number of hydrogen-bond acceptors (Lipinski definition) is 2. The largest absolute Gasteiger partial charge is 0.367 e. The average molecular weight is 238 g/mol. The summed E-state index contributed by atoms with van der Waals surface area (Å²) >= 11 is 0. The molecule has 0 saturated carbocycles. The number of nitriles is 1. The second-order valence-corrected chi connectivity index (χ2v) is 3.92. The zero-order valence-electron chi connectivity index (χ0n) is 10.3. The van der Waals surface area contributed by atoms with Gasteiger partial charge in [0, 0.05) is 12.6 Å². The Bertz CT molecular complexity index is 438. The Kier molecular flexibility index (Phi) is 4.45. The fourth-order valence-electron chi connectivity index (χ4n) is 1.79. The van der Waals surface area contributed by atoms with E-state index in [-0.39, 0.29) is 17.3 Å². The van der Waals surface area contributed by atoms with Gasteiger partial charge in [0.25, 0.3) is 0 Å². The molecule has 1 rings (SSSR count). The van der Waals surface area contributed by atoms with Gasteiger partial charge in [-0.2, -0.15) is 5.26 Å². The molecule has 92 valence electrons. The third-order valence-electron chi connectivity index (χ3n) is 2.96. The van der Waals surface area contributed by atoms with Crippen molar-refractivity contribution in [3.63, 3.8) is 0 Å². The van der Waals surface area contributed by atoms with Gasteiger partial charge in [-0.05, 0) is 32.4 Å². The Morgan fingerprint density at radius 1 is 1.29 bits per heavy atom. The van der Waals surface area contributed by atoms with Gasteiger partial charge in [-0.3, -0.25) is 0 Å². The fourth-order valence-corrected chi connectivity index (χ4v) is 1.79. The van der Waals surface area contributed by atoms with Crippen LogP contribution in [0.1, 0.15) is 32.8 Å². The van der Waals surface area contributed by atoms with Crippen molar-refractivity contribution < 1.29 is 8.78 Å². The molecule has 0 N–H and O–H groups in total. The first-order valence-corrected chi connectivity index (χ1v) is 5.71. The predicted octanol–water partition coefficient (Wildman–Crippen LogP) is 3.46. The topological polar surface area (TPSA) is 27.0 Å². The molecule has 0 aliphatic heterocycles. The molecule has 1 aromatic rings. The molecule has 1 atom stereocenters. The van der Waals surface area contributed by atoms with Crippen LogP contribution in [0.15, 0.2) is 12.1 Å². The van der Waals surface area contributed by atoms with E-state index in [0.29, 0.717) is 6.54 Å². The van der Waals surface area contributed by atoms with Gasteiger partial charge in [-0.1, -0.05) is 6.92 Å². The highest BCUT2D eigenvalue weighted by atomic mass is 19.2. The minimum Gasteiger partial charge on any atom is -0.367 e. The summed E-state index contributed by atoms with van der Waals surface area (Å²) in [4.78, 5) is 1.79. The standard InChI is InChI=1S/C13H16F2N2/c1-4-9(3)17(5-2)11-7-6-10(8-16)12(14)13(11)15/h6-7,9H,4-5H2,1-3H3. The van der Waals surface area contributed by atoms with Crippen LogP contribution >= 0.6 is 0 Å². The molecule has 0 aliphatic rings. The van der Waals surface area contributed by atoms with Crippen molar-refractivity contribution >= 4 is 5.69 Å². The van der Waals surface area contributed by atoms with E-state index in [2.05, 4.69) is 0 Å². The van der Waals surface area contributed by atoms with Crippen molar-refractivity contribution in [2.24, 2.45) is 0 Å². The number of nitrogens with zero attached hydrogens (tertiary/aromatic N) is 2. The van der Waals surface area contributed by atoms with Crippen LogP contribution in [0.25, 0.3) is 0 Å². The molecular formula is C13H16F2N2. The molecule has 0 heterocycles. The highest BCUT2D eigenvalue weighted by Gasteiger charge is 2.19. The third kappa shape index (κ3) is 2.55. The van der Waals surface area contributed by atoms with Gasteiger partial charge in [-0.15, -0.1) is 0 Å². The van der Waals surface area contributed by atoms with Crippen molar-refractivity contribution in [2.45, 2.75) is 33.2 Å². The van der Waals surface area contributed by atoms with Crippen LogP contribution in [-0.2, 0) is 0 Å². The summed E-state index contributed by atoms with van der Waals surface area (Å²) < 4.78 is 27.3. The molecule has 0 radical (unpaired) electrons. The number of hydrogen-bond donors (Lipinski definition) is 0. The number of rotatable bonds is 4. The van der Waals surface area contributed by atoms with Crippen LogP contribution in [0.3, 0.4) is 0 Å². The second-order valence-electron chi connectivity index (χ2n) is 3.92. The van der Waals surface area contributed by atoms with Gasteiger partial charge >= 0.3 is 0 Å². The molecule has 0 amide bonds. The summed E-state index contributed by atoms with van der Waals surface area (Å²) in [5.41, 5.74) is -0.0372. The molecule has 0 bridgehead atoms. The lowest BCUT2D eigenvalue weighted by Crippen LogP contribution is -2.33. The summed E-state index contributed by atoms with van der Waals surface area (Å²) in [6.07, 6.45) is 0.842. The van der Waals surface area contributed by atoms with E-state index in [4.69, 9.17) is 5.26 Å². The maximum absolute atomic E-state index is 13.8. The van der Waals surface area contributed by atoms with Crippen LogP contribution in [0.4, 0.5) is 14.5 Å². The van der Waals surface area contributed by atoms with Crippen molar-refractivity contribution in [1.29, 1.82) is 5.26 Å². The molecule has 1 unspecified atom stereocenters. The monoisotopic (exact) mass is 238 g/mol. The summed E-state index contributed by atoms with van der Waals surface area (Å²) in [6, 6.07) is 4.54. The lowest BCUT2D eigenvalue weighted by Gasteiger charge is -2.29. The lowest BCUT2D eigenvalue weighted by atomic mass is 10.1. The molecule has 0 fully saturated rings. The normalized spacial score (nSPS) is 12.0. The van der Waals surface area contributed by atoms with Crippen molar-refractivity contribution in [3.8, 4) is 6.07 Å². The van der Waals surface area contributed by atoms with Crippen LogP contribution < -0.4 is 4.90 Å². The van der Waals surface area contributed by atoms with E-state index >= 15 is 0 Å². The first-order chi connectivity index (χ1) is 8.06. The molecule has 0 spiro atoms. The van der Waals surface area contributed by atoms with Crippen molar-refractivity contribution in [3.05, 3.63) is 29.3 Å². The molecule has 0 aromatic heterocycles. The molecule has 4 heteroatoms. The molecule has 0 saturated heterocycles. The lowest BCUT2D eigenvalue weighted by molar-refractivity contribution is 0.498. The molecule has 2 nitrogen and oxygen atoms in total. The number of benzene rings is 1. The summed E-state index contributed by atoms with van der Waals surface area (Å²) in [7, 11) is 0. The van der Waals surface area contributed by atoms with E-state index < -0.39 is 11.6 Å². The minimum atomic E-state index is -1.06. The third-order valence-corrected chi connectivity index (χ3v) is 2.96. The zero-order chi connectivity index (χ0) is 13.0. The smallest absolute Gasteiger partial charge is 0.183 e. The second kappa shape index (κ2) is 5.62. The Balaban J connectivity index is 3.23. The summed E-state index contributed by atoms with van der Waals surface area (Å²) in [6.45, 7) is 6.43. The molecule has 1 aromatic carbocycles. The minimum absolute atomic E-state index is 0.127. The Labute approximate surface area is 100 Å². The van der Waals surface area contributed by atoms with Gasteiger partial charge in [-0.25, -0.2) is 8.78 Å². The number of halogens is 2. The van der Waals surface area contributed by atoms with Crippen molar-refractivity contribution in [2.75, 3.05) is 11.4 Å². The van der Waals surface area contributed by atoms with E-state index in [9.17, 15) is 8.78 Å². The molecule has 17 heavy (non-hydrogen) atoms. The van der Waals surface area contributed by atoms with Gasteiger partial charge in [0.05, 0.1) is 11.3 Å². The van der Waals surface area contributed by atoms with E-state index in [1.54, 1.807) is 11.0 Å². The van der Waals surface area contributed by atoms with Crippen LogP contribution in [0, 0.1) is 23.0 Å². The summed E-state index contributed by atoms with van der Waals surface area (Å²) in [5.74, 6) is -2.00. The predicted molar refractivity (Wildman–Crippen MR) is 63.8 cm³/mol. The van der Waals surface area contributed by atoms with Crippen LogP contribution in [0.2, 0.25) is 0 Å². The zero-order valence-corrected chi connectivity index (χ0v) is 10.3. The van der Waals surface area contributed by atoms with Crippen molar-refractivity contribution in [1.82, 2.24) is 0 Å². The van der Waals surface area contributed by atoms with Gasteiger partial charge < -0.3 is 4.90 Å². The Morgan fingerprint density at radius 2 is 1.94 bits per heavy atom. The van der Waals surface area contributed by atoms with Crippen LogP contribution in [0.5, 0.6) is 0 Å². The SMILES string of the molecule is CCC(C)N(CC)c1ccc(C#N)c(F)c1F. The van der Waals surface area contributed by atoms with Gasteiger partial charge in [0.2, 0.25) is 0 Å². The van der Waals surface area contributed by atoms with Gasteiger partial charge in [0.15, 0.2) is 11.6 Å². The molecule has 0 aliphatic carbocycles. The van der Waals surface area contributed by atoms with Crippen LogP contribution in [-0.4, -0.2) is 12.6 Å². The van der Waals surface area contributed by atoms with Gasteiger partial charge in [0.1, 0.15) is 6.07 Å². The highest BCUT2D eigenvalue weighted by molar-refractivity contribution is 5.52. The quantitative estimate of drug-likeness (QED) is 0.803. The first kappa shape index (κ1) is 13.4. The first-order valence-electron chi connectivity index (χ1n) is 5.71. The Morgan fingerprint density at radius 3 is 2.41 bits per heavy atom. The molecular weight excluding hydrogens is 222 g/mol. The summed E-state index contributed by atoms with van der Waals surface area (Å²) in [5, 5.41) is 8.61. The maximum atomic E-state index is 13.8. The van der Waals surface area contributed by atoms with E-state index in [1.165, 1.54) is 12.1 Å². The Hall–Kier alpha value is -1.63. The average Bonchev–Trinajstić information content (AvgIpc) is 2.35. The maximum Gasteiger partial charge on any atom is 0.183 e. The highest BCUT2D eigenvalue weighted by Crippen LogP contribution is 2.26.